The molecule has 0 heterocycles. The van der Waals surface area contributed by atoms with E-state index < -0.39 is 0 Å². The van der Waals surface area contributed by atoms with Crippen LogP contribution in [0.2, 0.25) is 0 Å². The summed E-state index contributed by atoms with van der Waals surface area (Å²) in [6.07, 6.45) is 2.19. The molecule has 0 spiro atoms. The fraction of sp³-hybridized carbons (Fsp3) is 0.200. The normalized spacial score (nSPS) is 10.2. The van der Waals surface area contributed by atoms with Crippen molar-refractivity contribution in [2.45, 2.75) is 19.8 Å². The van der Waals surface area contributed by atoms with Crippen molar-refractivity contribution in [2.24, 2.45) is 0 Å². The highest BCUT2D eigenvalue weighted by atomic mass is 14.8. The van der Waals surface area contributed by atoms with Crippen LogP contribution in [0.4, 0.5) is 5.69 Å². The zero-order valence-corrected chi connectivity index (χ0v) is 12.9. The maximum atomic E-state index is 4.29. The van der Waals surface area contributed by atoms with Crippen LogP contribution in [0.15, 0.2) is 61.7 Å². The molecule has 21 heavy (non-hydrogen) atoms. The molecule has 0 bridgehead atoms. The molecule has 0 radical (unpaired) electrons. The molecule has 2 rings (SSSR count). The Hall–Kier alpha value is -2.28. The number of hydrogen-bond acceptors (Lipinski definition) is 1. The van der Waals surface area contributed by atoms with Crippen LogP contribution < -0.4 is 5.32 Å². The van der Waals surface area contributed by atoms with Gasteiger partial charge in [-0.15, -0.1) is 0 Å². The Morgan fingerprint density at radius 2 is 1.48 bits per heavy atom. The van der Waals surface area contributed by atoms with Gasteiger partial charge in [0.25, 0.3) is 0 Å². The highest BCUT2D eigenvalue weighted by molar-refractivity contribution is 6.05. The molecule has 0 amide bonds. The van der Waals surface area contributed by atoms with E-state index in [0.29, 0.717) is 0 Å². The first kappa shape index (κ1) is 15.1. The average Bonchev–Trinajstić information content (AvgIpc) is 2.54. The van der Waals surface area contributed by atoms with Gasteiger partial charge >= 0.3 is 0 Å². The van der Waals surface area contributed by atoms with Gasteiger partial charge in [-0.05, 0) is 34.8 Å². The van der Waals surface area contributed by atoms with Crippen molar-refractivity contribution >= 4 is 16.8 Å². The van der Waals surface area contributed by atoms with E-state index in [1.165, 1.54) is 11.1 Å². The Labute approximate surface area is 128 Å². The van der Waals surface area contributed by atoms with Gasteiger partial charge in [-0.2, -0.15) is 0 Å². The molecule has 2 aromatic rings. The van der Waals surface area contributed by atoms with E-state index >= 15 is 0 Å². The Morgan fingerprint density at radius 1 is 0.905 bits per heavy atom. The molecule has 0 saturated heterocycles. The molecule has 0 fully saturated rings. The van der Waals surface area contributed by atoms with E-state index in [2.05, 4.69) is 61.8 Å². The predicted molar refractivity (Wildman–Crippen MR) is 94.5 cm³/mol. The van der Waals surface area contributed by atoms with Gasteiger partial charge in [0, 0.05) is 18.3 Å². The Kier molecular flexibility index (Phi) is 4.99. The minimum absolute atomic E-state index is 0.975. The molecule has 0 atom stereocenters. The number of benzene rings is 2. The number of anilines is 1. The van der Waals surface area contributed by atoms with Crippen LogP contribution in [0.5, 0.6) is 0 Å². The second-order valence-electron chi connectivity index (χ2n) is 5.16. The maximum absolute atomic E-state index is 4.29. The third-order valence-electron chi connectivity index (χ3n) is 3.75. The van der Waals surface area contributed by atoms with Gasteiger partial charge in [0.2, 0.25) is 0 Å². The van der Waals surface area contributed by atoms with Crippen molar-refractivity contribution in [3.8, 4) is 0 Å². The summed E-state index contributed by atoms with van der Waals surface area (Å²) in [5.74, 6) is 0. The lowest BCUT2D eigenvalue weighted by Crippen LogP contribution is -1.98. The average molecular weight is 277 g/mol. The van der Waals surface area contributed by atoms with Crippen LogP contribution in [0.3, 0.4) is 0 Å². The molecule has 108 valence electrons. The van der Waals surface area contributed by atoms with Gasteiger partial charge in [0.15, 0.2) is 0 Å². The number of nitrogens with one attached hydrogen (secondary N) is 1. The summed E-state index contributed by atoms with van der Waals surface area (Å²) in [4.78, 5) is 0. The fourth-order valence-corrected chi connectivity index (χ4v) is 2.59. The molecule has 0 saturated carbocycles. The molecule has 0 aliphatic rings. The van der Waals surface area contributed by atoms with Crippen LogP contribution in [0, 0.1) is 0 Å². The molecule has 2 aromatic carbocycles. The van der Waals surface area contributed by atoms with Crippen molar-refractivity contribution in [1.82, 2.24) is 0 Å². The van der Waals surface area contributed by atoms with Gasteiger partial charge in [-0.1, -0.05) is 69.0 Å². The van der Waals surface area contributed by atoms with Gasteiger partial charge in [0.1, 0.15) is 0 Å². The standard InChI is InChI=1S/C20H23N/c1-5-10-17-11-6-7-12-18(17)15(2)16(3)19-13-8-9-14-20(19)21-4/h6-9,11-14,21H,2-3,5,10H2,1,4H3. The van der Waals surface area contributed by atoms with Gasteiger partial charge < -0.3 is 5.32 Å². The van der Waals surface area contributed by atoms with Gasteiger partial charge in [-0.25, -0.2) is 0 Å². The maximum Gasteiger partial charge on any atom is 0.0417 e. The molecule has 0 aliphatic heterocycles. The first-order chi connectivity index (χ1) is 10.2. The minimum atomic E-state index is 0.975. The van der Waals surface area contributed by atoms with Crippen molar-refractivity contribution in [3.63, 3.8) is 0 Å². The highest BCUT2D eigenvalue weighted by Gasteiger charge is 2.12. The number of hydrogen-bond donors (Lipinski definition) is 1. The topological polar surface area (TPSA) is 12.0 Å². The number of rotatable bonds is 6. The first-order valence-corrected chi connectivity index (χ1v) is 7.42. The number of allylic oxidation sites excluding steroid dienone is 2. The second-order valence-corrected chi connectivity index (χ2v) is 5.16. The summed E-state index contributed by atoms with van der Waals surface area (Å²) >= 11 is 0. The zero-order valence-electron chi connectivity index (χ0n) is 12.9. The third-order valence-corrected chi connectivity index (χ3v) is 3.75. The zero-order chi connectivity index (χ0) is 15.2. The van der Waals surface area contributed by atoms with Crippen LogP contribution in [-0.4, -0.2) is 7.05 Å². The predicted octanol–water partition coefficient (Wildman–Crippen LogP) is 5.41. The van der Waals surface area contributed by atoms with Crippen LogP contribution >= 0.6 is 0 Å². The van der Waals surface area contributed by atoms with Crippen LogP contribution in [0.1, 0.15) is 30.0 Å². The Balaban J connectivity index is 2.38. The quantitative estimate of drug-likeness (QED) is 0.696. The Bertz CT molecular complexity index is 652. The summed E-state index contributed by atoms with van der Waals surface area (Å²) in [7, 11) is 1.93. The van der Waals surface area contributed by atoms with Crippen LogP contribution in [-0.2, 0) is 6.42 Å². The molecule has 0 aromatic heterocycles. The van der Waals surface area contributed by atoms with E-state index in [-0.39, 0.29) is 0 Å². The molecule has 1 N–H and O–H groups in total. The van der Waals surface area contributed by atoms with E-state index in [9.17, 15) is 0 Å². The van der Waals surface area contributed by atoms with Gasteiger partial charge in [-0.3, -0.25) is 0 Å². The third kappa shape index (κ3) is 3.25. The van der Waals surface area contributed by atoms with Crippen molar-refractivity contribution < 1.29 is 0 Å². The van der Waals surface area contributed by atoms with E-state index in [1.54, 1.807) is 0 Å². The molecule has 0 aliphatic carbocycles. The van der Waals surface area contributed by atoms with Crippen molar-refractivity contribution in [1.29, 1.82) is 0 Å². The van der Waals surface area contributed by atoms with E-state index in [4.69, 9.17) is 0 Å². The number of aryl methyl sites for hydroxylation is 1. The molecule has 1 heteroatoms. The summed E-state index contributed by atoms with van der Waals surface area (Å²) in [5.41, 5.74) is 6.71. The number of para-hydroxylation sites is 1. The van der Waals surface area contributed by atoms with Crippen molar-refractivity contribution in [2.75, 3.05) is 12.4 Å². The molecular formula is C20H23N. The van der Waals surface area contributed by atoms with E-state index in [1.807, 2.05) is 19.2 Å². The minimum Gasteiger partial charge on any atom is -0.388 e. The lowest BCUT2D eigenvalue weighted by atomic mass is 9.90. The lowest BCUT2D eigenvalue weighted by molar-refractivity contribution is 0.919. The second kappa shape index (κ2) is 6.94. The first-order valence-electron chi connectivity index (χ1n) is 7.42. The summed E-state index contributed by atoms with van der Waals surface area (Å²) in [6.45, 7) is 10.8. The fourth-order valence-electron chi connectivity index (χ4n) is 2.59. The Morgan fingerprint density at radius 3 is 2.14 bits per heavy atom. The SMILES string of the molecule is C=C(C(=C)c1ccccc1NC)c1ccccc1CCC. The molecule has 0 unspecified atom stereocenters. The lowest BCUT2D eigenvalue weighted by Gasteiger charge is -2.16. The summed E-state index contributed by atoms with van der Waals surface area (Å²) in [6, 6.07) is 16.7. The van der Waals surface area contributed by atoms with Crippen molar-refractivity contribution in [3.05, 3.63) is 78.4 Å². The van der Waals surface area contributed by atoms with Crippen LogP contribution in [0.25, 0.3) is 11.1 Å². The smallest absolute Gasteiger partial charge is 0.0417 e. The monoisotopic (exact) mass is 277 g/mol. The van der Waals surface area contributed by atoms with Gasteiger partial charge in [0.05, 0.1) is 0 Å². The molecular weight excluding hydrogens is 254 g/mol. The highest BCUT2D eigenvalue weighted by Crippen LogP contribution is 2.34. The largest absolute Gasteiger partial charge is 0.388 e. The van der Waals surface area contributed by atoms with E-state index in [0.717, 1.165) is 35.2 Å². The molecule has 1 nitrogen and oxygen atoms in total. The summed E-state index contributed by atoms with van der Waals surface area (Å²) in [5, 5.41) is 3.22. The summed E-state index contributed by atoms with van der Waals surface area (Å²) < 4.78 is 0.